The van der Waals surface area contributed by atoms with Gasteiger partial charge in [0.2, 0.25) is 11.8 Å². The van der Waals surface area contributed by atoms with E-state index in [-0.39, 0.29) is 23.8 Å². The van der Waals surface area contributed by atoms with Crippen LogP contribution in [0.4, 0.5) is 0 Å². The summed E-state index contributed by atoms with van der Waals surface area (Å²) in [5.41, 5.74) is 0. The zero-order chi connectivity index (χ0) is 16.1. The van der Waals surface area contributed by atoms with Gasteiger partial charge in [0.1, 0.15) is 5.76 Å². The van der Waals surface area contributed by atoms with Gasteiger partial charge in [-0.05, 0) is 44.5 Å². The van der Waals surface area contributed by atoms with Crippen LogP contribution in [0.2, 0.25) is 0 Å². The number of hydrogen-bond donors (Lipinski definition) is 2. The van der Waals surface area contributed by atoms with Crippen molar-refractivity contribution in [1.82, 2.24) is 15.5 Å². The molecule has 0 radical (unpaired) electrons. The molecule has 6 heteroatoms. The number of nitrogens with zero attached hydrogens (tertiary/aromatic N) is 1. The summed E-state index contributed by atoms with van der Waals surface area (Å²) in [5.74, 6) is 0.852. The molecule has 0 unspecified atom stereocenters. The Morgan fingerprint density at radius 1 is 1.39 bits per heavy atom. The van der Waals surface area contributed by atoms with Gasteiger partial charge in [-0.15, -0.1) is 0 Å². The van der Waals surface area contributed by atoms with Crippen molar-refractivity contribution in [2.24, 2.45) is 5.92 Å². The van der Waals surface area contributed by atoms with E-state index in [1.165, 1.54) is 19.3 Å². The van der Waals surface area contributed by atoms with Gasteiger partial charge in [-0.25, -0.2) is 0 Å². The Hall–Kier alpha value is -1.82. The third kappa shape index (κ3) is 4.13. The van der Waals surface area contributed by atoms with Crippen molar-refractivity contribution in [2.45, 2.75) is 38.1 Å². The van der Waals surface area contributed by atoms with E-state index in [2.05, 4.69) is 15.5 Å². The van der Waals surface area contributed by atoms with Crippen LogP contribution in [0.3, 0.4) is 0 Å². The molecule has 126 valence electrons. The van der Waals surface area contributed by atoms with Crippen molar-refractivity contribution >= 4 is 11.8 Å². The van der Waals surface area contributed by atoms with E-state index in [0.717, 1.165) is 18.8 Å². The van der Waals surface area contributed by atoms with Crippen molar-refractivity contribution in [3.63, 3.8) is 0 Å². The van der Waals surface area contributed by atoms with Gasteiger partial charge in [0, 0.05) is 19.5 Å². The number of rotatable bonds is 5. The maximum absolute atomic E-state index is 12.4. The van der Waals surface area contributed by atoms with Gasteiger partial charge in [-0.3, -0.25) is 14.5 Å². The zero-order valence-corrected chi connectivity index (χ0v) is 13.4. The van der Waals surface area contributed by atoms with E-state index in [9.17, 15) is 9.59 Å². The lowest BCUT2D eigenvalue weighted by Crippen LogP contribution is -2.46. The minimum Gasteiger partial charge on any atom is -0.468 e. The van der Waals surface area contributed by atoms with Crippen LogP contribution in [0.25, 0.3) is 0 Å². The fraction of sp³-hybridized carbons (Fsp3) is 0.647. The van der Waals surface area contributed by atoms with Crippen LogP contribution >= 0.6 is 0 Å². The molecule has 0 spiro atoms. The first-order valence-electron chi connectivity index (χ1n) is 8.56. The van der Waals surface area contributed by atoms with E-state index in [1.54, 1.807) is 6.26 Å². The average Bonchev–Trinajstić information content (AvgIpc) is 3.11. The first kappa shape index (κ1) is 16.1. The molecule has 2 saturated heterocycles. The largest absolute Gasteiger partial charge is 0.468 e. The lowest BCUT2D eigenvalue weighted by atomic mass is 9.98. The van der Waals surface area contributed by atoms with E-state index in [4.69, 9.17) is 4.42 Å². The van der Waals surface area contributed by atoms with Crippen molar-refractivity contribution in [3.8, 4) is 0 Å². The molecule has 2 N–H and O–H groups in total. The summed E-state index contributed by atoms with van der Waals surface area (Å²) in [6.45, 7) is 3.08. The molecule has 0 saturated carbocycles. The highest BCUT2D eigenvalue weighted by molar-refractivity contribution is 5.83. The van der Waals surface area contributed by atoms with Gasteiger partial charge in [0.05, 0.1) is 18.2 Å². The second-order valence-corrected chi connectivity index (χ2v) is 6.41. The number of piperidine rings is 2. The Labute approximate surface area is 136 Å². The number of carbonyl (C=O) groups excluding carboxylic acids is 2. The first-order valence-corrected chi connectivity index (χ1v) is 8.56. The molecule has 3 heterocycles. The fourth-order valence-electron chi connectivity index (χ4n) is 3.42. The SMILES string of the molecule is O=C1CC[C@H](C(=O)NC[C@H](c2ccco2)N2CCCCC2)CN1. The molecule has 0 bridgehead atoms. The van der Waals surface area contributed by atoms with E-state index in [0.29, 0.717) is 25.9 Å². The van der Waals surface area contributed by atoms with Crippen LogP contribution in [0, 0.1) is 5.92 Å². The van der Waals surface area contributed by atoms with Crippen molar-refractivity contribution in [3.05, 3.63) is 24.2 Å². The van der Waals surface area contributed by atoms with Gasteiger partial charge < -0.3 is 15.1 Å². The van der Waals surface area contributed by atoms with Crippen LogP contribution in [0.5, 0.6) is 0 Å². The van der Waals surface area contributed by atoms with Crippen molar-refractivity contribution in [2.75, 3.05) is 26.2 Å². The Bertz CT molecular complexity index is 513. The van der Waals surface area contributed by atoms with Gasteiger partial charge >= 0.3 is 0 Å². The fourth-order valence-corrected chi connectivity index (χ4v) is 3.42. The predicted molar refractivity (Wildman–Crippen MR) is 85.6 cm³/mol. The highest BCUT2D eigenvalue weighted by Gasteiger charge is 2.28. The second kappa shape index (κ2) is 7.64. The summed E-state index contributed by atoms with van der Waals surface area (Å²) < 4.78 is 5.59. The molecule has 2 aliphatic heterocycles. The highest BCUT2D eigenvalue weighted by Crippen LogP contribution is 2.24. The van der Waals surface area contributed by atoms with Gasteiger partial charge in [-0.2, -0.15) is 0 Å². The van der Waals surface area contributed by atoms with Crippen molar-refractivity contribution in [1.29, 1.82) is 0 Å². The standard InChI is InChI=1S/C17H25N3O3/c21-16-7-6-13(11-18-16)17(22)19-12-14(15-5-4-10-23-15)20-8-2-1-3-9-20/h4-5,10,13-14H,1-3,6-9,11-12H2,(H,18,21)(H,19,22)/t13-,14+/m0/s1. The quantitative estimate of drug-likeness (QED) is 0.861. The van der Waals surface area contributed by atoms with E-state index < -0.39 is 0 Å². The topological polar surface area (TPSA) is 74.6 Å². The maximum atomic E-state index is 12.4. The monoisotopic (exact) mass is 319 g/mol. The molecule has 0 aromatic carbocycles. The lowest BCUT2D eigenvalue weighted by molar-refractivity contribution is -0.129. The van der Waals surface area contributed by atoms with Gasteiger partial charge in [0.15, 0.2) is 0 Å². The molecule has 23 heavy (non-hydrogen) atoms. The van der Waals surface area contributed by atoms with Crippen LogP contribution in [0.15, 0.2) is 22.8 Å². The molecular weight excluding hydrogens is 294 g/mol. The molecule has 2 fully saturated rings. The summed E-state index contributed by atoms with van der Waals surface area (Å²) >= 11 is 0. The van der Waals surface area contributed by atoms with Gasteiger partial charge in [0.25, 0.3) is 0 Å². The summed E-state index contributed by atoms with van der Waals surface area (Å²) in [6, 6.07) is 3.96. The number of furan rings is 1. The molecule has 6 nitrogen and oxygen atoms in total. The number of carbonyl (C=O) groups is 2. The lowest BCUT2D eigenvalue weighted by Gasteiger charge is -2.34. The normalized spacial score (nSPS) is 24.0. The Morgan fingerprint density at radius 2 is 2.22 bits per heavy atom. The molecular formula is C17H25N3O3. The van der Waals surface area contributed by atoms with Crippen LogP contribution in [-0.4, -0.2) is 42.9 Å². The number of nitrogens with one attached hydrogen (secondary N) is 2. The predicted octanol–water partition coefficient (Wildman–Crippen LogP) is 1.45. The third-order valence-electron chi connectivity index (χ3n) is 4.81. The molecule has 1 aromatic rings. The van der Waals surface area contributed by atoms with Crippen molar-refractivity contribution < 1.29 is 14.0 Å². The number of hydrogen-bond acceptors (Lipinski definition) is 4. The molecule has 1 aromatic heterocycles. The first-order chi connectivity index (χ1) is 11.2. The second-order valence-electron chi connectivity index (χ2n) is 6.41. The molecule has 2 atom stereocenters. The van der Waals surface area contributed by atoms with Gasteiger partial charge in [-0.1, -0.05) is 6.42 Å². The minimum absolute atomic E-state index is 0.0264. The Kier molecular flexibility index (Phi) is 5.33. The van der Waals surface area contributed by atoms with Crippen LogP contribution in [0.1, 0.15) is 43.9 Å². The summed E-state index contributed by atoms with van der Waals surface area (Å²) in [4.78, 5) is 25.9. The van der Waals surface area contributed by atoms with Crippen LogP contribution in [-0.2, 0) is 9.59 Å². The molecule has 2 aliphatic rings. The molecule has 2 amide bonds. The Morgan fingerprint density at radius 3 is 2.87 bits per heavy atom. The molecule has 0 aliphatic carbocycles. The minimum atomic E-state index is -0.119. The molecule has 3 rings (SSSR count). The maximum Gasteiger partial charge on any atom is 0.224 e. The smallest absolute Gasteiger partial charge is 0.224 e. The summed E-state index contributed by atoms with van der Waals surface area (Å²) in [7, 11) is 0. The number of likely N-dealkylation sites (tertiary alicyclic amines) is 1. The van der Waals surface area contributed by atoms with E-state index in [1.807, 2.05) is 12.1 Å². The zero-order valence-electron chi connectivity index (χ0n) is 13.4. The van der Waals surface area contributed by atoms with E-state index >= 15 is 0 Å². The average molecular weight is 319 g/mol. The third-order valence-corrected chi connectivity index (χ3v) is 4.81. The number of amides is 2. The summed E-state index contributed by atoms with van der Waals surface area (Å²) in [5, 5.41) is 5.82. The Balaban J connectivity index is 1.57. The summed E-state index contributed by atoms with van der Waals surface area (Å²) in [6.07, 6.45) is 6.42. The highest BCUT2D eigenvalue weighted by atomic mass is 16.3. The van der Waals surface area contributed by atoms with Crippen LogP contribution < -0.4 is 10.6 Å².